The first kappa shape index (κ1) is 16.0. The molecule has 2 unspecified atom stereocenters. The Balaban J connectivity index is 2.09. The lowest BCUT2D eigenvalue weighted by Gasteiger charge is -2.41. The normalized spacial score (nSPS) is 21.3. The molecule has 2 atom stereocenters. The molecule has 1 amide bonds. The van der Waals surface area contributed by atoms with E-state index >= 15 is 0 Å². The Morgan fingerprint density at radius 1 is 1.62 bits per heavy atom. The second-order valence-electron chi connectivity index (χ2n) is 5.53. The van der Waals surface area contributed by atoms with E-state index in [0.717, 1.165) is 19.6 Å². The molecule has 0 spiro atoms. The highest BCUT2D eigenvalue weighted by Gasteiger charge is 2.26. The average Bonchev–Trinajstić information content (AvgIpc) is 2.40. The highest BCUT2D eigenvalue weighted by Crippen LogP contribution is 2.26. The van der Waals surface area contributed by atoms with Crippen LogP contribution in [0.5, 0.6) is 0 Å². The van der Waals surface area contributed by atoms with E-state index in [4.69, 9.17) is 17.3 Å². The summed E-state index contributed by atoms with van der Waals surface area (Å²) in [6.07, 6.45) is 1.12. The molecule has 0 aromatic carbocycles. The van der Waals surface area contributed by atoms with Gasteiger partial charge in [0.1, 0.15) is 5.82 Å². The van der Waals surface area contributed by atoms with Gasteiger partial charge in [0.15, 0.2) is 0 Å². The lowest BCUT2D eigenvalue weighted by molar-refractivity contribution is 0.0959. The molecule has 0 radical (unpaired) electrons. The van der Waals surface area contributed by atoms with E-state index in [1.807, 2.05) is 0 Å². The van der Waals surface area contributed by atoms with Gasteiger partial charge in [0.25, 0.3) is 0 Å². The van der Waals surface area contributed by atoms with Gasteiger partial charge in [-0.05, 0) is 19.9 Å². The van der Waals surface area contributed by atoms with E-state index < -0.39 is 5.91 Å². The molecule has 2 heterocycles. The minimum absolute atomic E-state index is 0.294. The quantitative estimate of drug-likeness (QED) is 0.856. The number of rotatable bonds is 4. The number of carbonyl (C=O) groups excluding carboxylic acids is 1. The average molecular weight is 313 g/mol. The van der Waals surface area contributed by atoms with Crippen molar-refractivity contribution in [2.75, 3.05) is 31.1 Å². The zero-order chi connectivity index (χ0) is 15.6. The first-order valence-electron chi connectivity index (χ1n) is 7.01. The number of aliphatic hydroxyl groups is 1. The number of pyridine rings is 1. The molecular weight excluding hydrogens is 292 g/mol. The Hall–Kier alpha value is -1.37. The van der Waals surface area contributed by atoms with E-state index in [0.29, 0.717) is 29.0 Å². The molecule has 0 aliphatic carbocycles. The van der Waals surface area contributed by atoms with E-state index in [-0.39, 0.29) is 6.10 Å². The Morgan fingerprint density at radius 3 is 2.86 bits per heavy atom. The van der Waals surface area contributed by atoms with Crippen molar-refractivity contribution >= 4 is 23.3 Å². The number of carbonyl (C=O) groups is 1. The first-order chi connectivity index (χ1) is 9.88. The van der Waals surface area contributed by atoms with Crippen LogP contribution in [0.1, 0.15) is 24.2 Å². The molecule has 0 bridgehead atoms. The van der Waals surface area contributed by atoms with Crippen LogP contribution < -0.4 is 10.6 Å². The van der Waals surface area contributed by atoms with Gasteiger partial charge in [-0.3, -0.25) is 9.69 Å². The number of halogens is 1. The summed E-state index contributed by atoms with van der Waals surface area (Å²) in [5.41, 5.74) is 5.53. The van der Waals surface area contributed by atoms with Crippen LogP contribution in [0.2, 0.25) is 5.02 Å². The van der Waals surface area contributed by atoms with Crippen molar-refractivity contribution in [2.24, 2.45) is 5.73 Å². The second kappa shape index (κ2) is 6.60. The van der Waals surface area contributed by atoms with Crippen LogP contribution in [-0.4, -0.2) is 59.2 Å². The van der Waals surface area contributed by atoms with Crippen molar-refractivity contribution in [2.45, 2.75) is 26.0 Å². The van der Waals surface area contributed by atoms with Gasteiger partial charge in [0.2, 0.25) is 5.91 Å². The molecular formula is C14H21ClN4O2. The van der Waals surface area contributed by atoms with Gasteiger partial charge in [-0.2, -0.15) is 0 Å². The van der Waals surface area contributed by atoms with Crippen LogP contribution in [0, 0.1) is 0 Å². The summed E-state index contributed by atoms with van der Waals surface area (Å²) in [4.78, 5) is 19.7. The number of nitrogens with two attached hydrogens (primary N) is 1. The summed E-state index contributed by atoms with van der Waals surface area (Å²) in [5.74, 6) is 0.135. The van der Waals surface area contributed by atoms with Gasteiger partial charge < -0.3 is 15.7 Å². The van der Waals surface area contributed by atoms with Crippen molar-refractivity contribution in [3.05, 3.63) is 22.8 Å². The van der Waals surface area contributed by atoms with Crippen molar-refractivity contribution in [1.82, 2.24) is 9.88 Å². The number of anilines is 1. The van der Waals surface area contributed by atoms with Gasteiger partial charge in [0, 0.05) is 38.4 Å². The maximum Gasteiger partial charge on any atom is 0.250 e. The second-order valence-corrected chi connectivity index (χ2v) is 5.94. The first-order valence-corrected chi connectivity index (χ1v) is 7.38. The molecule has 6 nitrogen and oxygen atoms in total. The van der Waals surface area contributed by atoms with Gasteiger partial charge in [-0.1, -0.05) is 11.6 Å². The van der Waals surface area contributed by atoms with E-state index in [1.54, 1.807) is 13.0 Å². The summed E-state index contributed by atoms with van der Waals surface area (Å²) in [7, 11) is 0. The van der Waals surface area contributed by atoms with Crippen molar-refractivity contribution in [3.63, 3.8) is 0 Å². The number of aliphatic hydroxyl groups excluding tert-OH is 1. The van der Waals surface area contributed by atoms with Crippen LogP contribution in [0.3, 0.4) is 0 Å². The fourth-order valence-corrected chi connectivity index (χ4v) is 2.88. The number of aromatic nitrogens is 1. The molecule has 1 aliphatic rings. The topological polar surface area (TPSA) is 82.7 Å². The SMILES string of the molecule is CC(O)CN1CCN(c2ncc(C(N)=O)cc2Cl)CC1C. The van der Waals surface area contributed by atoms with Crippen LogP contribution in [-0.2, 0) is 0 Å². The van der Waals surface area contributed by atoms with Crippen LogP contribution in [0.15, 0.2) is 12.3 Å². The third kappa shape index (κ3) is 3.84. The monoisotopic (exact) mass is 312 g/mol. The van der Waals surface area contributed by atoms with Gasteiger partial charge >= 0.3 is 0 Å². The van der Waals surface area contributed by atoms with Crippen molar-refractivity contribution in [3.8, 4) is 0 Å². The van der Waals surface area contributed by atoms with Gasteiger partial charge in [0.05, 0.1) is 16.7 Å². The zero-order valence-corrected chi connectivity index (χ0v) is 13.0. The smallest absolute Gasteiger partial charge is 0.250 e. The summed E-state index contributed by atoms with van der Waals surface area (Å²) < 4.78 is 0. The highest BCUT2D eigenvalue weighted by molar-refractivity contribution is 6.33. The molecule has 116 valence electrons. The van der Waals surface area contributed by atoms with Gasteiger partial charge in [-0.25, -0.2) is 4.98 Å². The molecule has 1 fully saturated rings. The Bertz CT molecular complexity index is 524. The number of primary amides is 1. The summed E-state index contributed by atoms with van der Waals surface area (Å²) in [5, 5.41) is 9.93. The fourth-order valence-electron chi connectivity index (χ4n) is 2.60. The zero-order valence-electron chi connectivity index (χ0n) is 12.3. The molecule has 1 aromatic heterocycles. The minimum atomic E-state index is -0.536. The molecule has 1 aromatic rings. The van der Waals surface area contributed by atoms with Crippen molar-refractivity contribution < 1.29 is 9.90 Å². The fraction of sp³-hybridized carbons (Fsp3) is 0.571. The standard InChI is InChI=1S/C14H21ClN4O2/c1-9-7-19(4-3-18(9)8-10(2)20)14-12(15)5-11(6-17-14)13(16)21/h5-6,9-10,20H,3-4,7-8H2,1-2H3,(H2,16,21). The lowest BCUT2D eigenvalue weighted by atomic mass is 10.1. The minimum Gasteiger partial charge on any atom is -0.392 e. The molecule has 1 saturated heterocycles. The van der Waals surface area contributed by atoms with E-state index in [2.05, 4.69) is 21.7 Å². The van der Waals surface area contributed by atoms with E-state index in [1.165, 1.54) is 6.20 Å². The highest BCUT2D eigenvalue weighted by atomic mass is 35.5. The number of piperazine rings is 1. The summed E-state index contributed by atoms with van der Waals surface area (Å²) in [6.45, 7) is 6.95. The molecule has 0 saturated carbocycles. The predicted octanol–water partition coefficient (Wildman–Crippen LogP) is 0.725. The number of hydrogen-bond donors (Lipinski definition) is 2. The number of amides is 1. The third-order valence-corrected chi connectivity index (χ3v) is 3.95. The number of β-amino-alcohol motifs (C(OH)–C–C–N with tert-alkyl or cyclic N) is 1. The van der Waals surface area contributed by atoms with Gasteiger partial charge in [-0.15, -0.1) is 0 Å². The maximum absolute atomic E-state index is 11.1. The van der Waals surface area contributed by atoms with Crippen LogP contribution >= 0.6 is 11.6 Å². The van der Waals surface area contributed by atoms with E-state index in [9.17, 15) is 9.90 Å². The molecule has 2 rings (SSSR count). The molecule has 3 N–H and O–H groups in total. The predicted molar refractivity (Wildman–Crippen MR) is 82.7 cm³/mol. The van der Waals surface area contributed by atoms with Crippen LogP contribution in [0.4, 0.5) is 5.82 Å². The van der Waals surface area contributed by atoms with Crippen molar-refractivity contribution in [1.29, 1.82) is 0 Å². The molecule has 7 heteroatoms. The maximum atomic E-state index is 11.1. The molecule has 21 heavy (non-hydrogen) atoms. The Morgan fingerprint density at radius 2 is 2.33 bits per heavy atom. The Kier molecular flexibility index (Phi) is 5.03. The largest absolute Gasteiger partial charge is 0.392 e. The lowest BCUT2D eigenvalue weighted by Crippen LogP contribution is -2.53. The number of nitrogens with zero attached hydrogens (tertiary/aromatic N) is 3. The number of hydrogen-bond acceptors (Lipinski definition) is 5. The van der Waals surface area contributed by atoms with Crippen LogP contribution in [0.25, 0.3) is 0 Å². The summed E-state index contributed by atoms with van der Waals surface area (Å²) >= 11 is 6.21. The molecule has 1 aliphatic heterocycles. The Labute approximate surface area is 129 Å². The summed E-state index contributed by atoms with van der Waals surface area (Å²) in [6, 6.07) is 1.85. The third-order valence-electron chi connectivity index (χ3n) is 3.67.